The summed E-state index contributed by atoms with van der Waals surface area (Å²) in [5.74, 6) is 0. The summed E-state index contributed by atoms with van der Waals surface area (Å²) in [4.78, 5) is 23.8. The molecule has 5 N–H and O–H groups in total. The fourth-order valence-corrected chi connectivity index (χ4v) is 3.42. The molecule has 0 radical (unpaired) electrons. The van der Waals surface area contributed by atoms with Gasteiger partial charge in [-0.2, -0.15) is 0 Å². The molecule has 3 atom stereocenters. The van der Waals surface area contributed by atoms with E-state index in [-0.39, 0.29) is 18.5 Å². The molecule has 0 fully saturated rings. The summed E-state index contributed by atoms with van der Waals surface area (Å²) >= 11 is 0. The van der Waals surface area contributed by atoms with Gasteiger partial charge in [0.2, 0.25) is 0 Å². The van der Waals surface area contributed by atoms with E-state index < -0.39 is 23.8 Å². The fourth-order valence-electron chi connectivity index (χ4n) is 3.42. The van der Waals surface area contributed by atoms with Crippen LogP contribution in [0.5, 0.6) is 0 Å². The third-order valence-electron chi connectivity index (χ3n) is 4.75. The predicted octanol–water partition coefficient (Wildman–Crippen LogP) is 3.33. The summed E-state index contributed by atoms with van der Waals surface area (Å²) in [6.07, 6.45) is -1.12. The first-order valence-corrected chi connectivity index (χ1v) is 10.5. The highest BCUT2D eigenvalue weighted by Gasteiger charge is 2.26. The monoisotopic (exact) mass is 427 g/mol. The lowest BCUT2D eigenvalue weighted by molar-refractivity contribution is 0.102. The Kier molecular flexibility index (Phi) is 8.88. The van der Waals surface area contributed by atoms with Gasteiger partial charge in [0, 0.05) is 11.6 Å². The second-order valence-corrected chi connectivity index (χ2v) is 8.78. The maximum atomic E-state index is 12.5. The quantitative estimate of drug-likeness (QED) is 0.423. The van der Waals surface area contributed by atoms with Gasteiger partial charge in [0.15, 0.2) is 0 Å². The smallest absolute Gasteiger partial charge is 0.404 e. The van der Waals surface area contributed by atoms with Crippen molar-refractivity contribution in [2.75, 3.05) is 0 Å². The van der Waals surface area contributed by atoms with Crippen molar-refractivity contribution in [2.45, 2.75) is 63.8 Å². The zero-order chi connectivity index (χ0) is 22.9. The van der Waals surface area contributed by atoms with Gasteiger partial charge in [-0.15, -0.1) is 0 Å². The molecule has 7 nitrogen and oxygen atoms in total. The number of urea groups is 1. The Bertz CT molecular complexity index is 822. The molecule has 3 amide bonds. The third kappa shape index (κ3) is 9.53. The first kappa shape index (κ1) is 24.2. The highest BCUT2D eigenvalue weighted by molar-refractivity contribution is 5.75. The van der Waals surface area contributed by atoms with Crippen molar-refractivity contribution in [3.05, 3.63) is 71.8 Å². The molecular formula is C24H33N3O4. The summed E-state index contributed by atoms with van der Waals surface area (Å²) in [7, 11) is 0. The summed E-state index contributed by atoms with van der Waals surface area (Å²) in [5.41, 5.74) is 1.53. The number of aliphatic hydroxyl groups is 1. The number of amides is 3. The number of hydrogen-bond acceptors (Lipinski definition) is 3. The molecule has 0 aliphatic carbocycles. The number of nitrogens with one attached hydrogen (secondary N) is 3. The Hall–Kier alpha value is -3.06. The van der Waals surface area contributed by atoms with Gasteiger partial charge in [-0.3, -0.25) is 0 Å². The molecule has 0 spiro atoms. The van der Waals surface area contributed by atoms with Crippen molar-refractivity contribution in [1.82, 2.24) is 16.0 Å². The number of hydrogen-bond donors (Lipinski definition) is 5. The lowest BCUT2D eigenvalue weighted by Crippen LogP contribution is -2.52. The van der Waals surface area contributed by atoms with Crippen LogP contribution in [-0.2, 0) is 12.8 Å². The van der Waals surface area contributed by atoms with Crippen LogP contribution in [0, 0.1) is 0 Å². The molecular weight excluding hydrogens is 394 g/mol. The van der Waals surface area contributed by atoms with Gasteiger partial charge in [-0.25, -0.2) is 9.59 Å². The summed E-state index contributed by atoms with van der Waals surface area (Å²) in [6.45, 7) is 5.67. The van der Waals surface area contributed by atoms with Crippen LogP contribution in [0.25, 0.3) is 0 Å². The topological polar surface area (TPSA) is 111 Å². The van der Waals surface area contributed by atoms with E-state index >= 15 is 0 Å². The van der Waals surface area contributed by atoms with Crippen molar-refractivity contribution in [2.24, 2.45) is 0 Å². The van der Waals surface area contributed by atoms with Crippen LogP contribution >= 0.6 is 0 Å². The van der Waals surface area contributed by atoms with Gasteiger partial charge in [-0.1, -0.05) is 60.7 Å². The Balaban J connectivity index is 2.14. The van der Waals surface area contributed by atoms with Crippen LogP contribution in [0.4, 0.5) is 9.59 Å². The van der Waals surface area contributed by atoms with Crippen LogP contribution in [0.2, 0.25) is 0 Å². The normalized spacial score (nSPS) is 14.2. The number of carboxylic acid groups (broad SMARTS) is 1. The van der Waals surface area contributed by atoms with Crippen LogP contribution in [0.1, 0.15) is 38.3 Å². The summed E-state index contributed by atoms with van der Waals surface area (Å²) in [6, 6.07) is 17.7. The van der Waals surface area contributed by atoms with E-state index in [2.05, 4.69) is 16.0 Å². The lowest BCUT2D eigenvalue weighted by Gasteiger charge is -2.29. The third-order valence-corrected chi connectivity index (χ3v) is 4.75. The van der Waals surface area contributed by atoms with Gasteiger partial charge in [-0.05, 0) is 51.2 Å². The maximum absolute atomic E-state index is 12.5. The highest BCUT2D eigenvalue weighted by atomic mass is 16.4. The standard InChI is InChI=1S/C24H33N3O4/c1-24(2,3)27-22(29)25-19(14-17-10-6-4-7-11-17)16-21(28)20(26-23(30)31)15-18-12-8-5-9-13-18/h4-13,19-21,26,28H,14-16H2,1-3H3,(H,30,31)(H2,25,27,29)/t19-,20-,21+/m0/s1. The fraction of sp³-hybridized carbons (Fsp3) is 0.417. The van der Waals surface area contributed by atoms with Crippen molar-refractivity contribution in [1.29, 1.82) is 0 Å². The Labute approximate surface area is 183 Å². The molecule has 0 aliphatic heterocycles. The Morgan fingerprint density at radius 2 is 1.39 bits per heavy atom. The zero-order valence-corrected chi connectivity index (χ0v) is 18.3. The molecule has 0 saturated heterocycles. The number of aliphatic hydroxyl groups excluding tert-OH is 1. The van der Waals surface area contributed by atoms with Gasteiger partial charge in [0.05, 0.1) is 12.1 Å². The second kappa shape index (κ2) is 11.4. The largest absolute Gasteiger partial charge is 0.465 e. The first-order valence-electron chi connectivity index (χ1n) is 10.5. The molecule has 2 rings (SSSR count). The van der Waals surface area contributed by atoms with Gasteiger partial charge in [0.1, 0.15) is 0 Å². The predicted molar refractivity (Wildman–Crippen MR) is 121 cm³/mol. The number of carbonyl (C=O) groups is 2. The van der Waals surface area contributed by atoms with Gasteiger partial charge < -0.3 is 26.2 Å². The van der Waals surface area contributed by atoms with E-state index in [0.29, 0.717) is 12.8 Å². The SMILES string of the molecule is CC(C)(C)NC(=O)N[C@@H](Cc1ccccc1)C[C@@H](O)[C@H](Cc1ccccc1)NC(=O)O. The van der Waals surface area contributed by atoms with E-state index in [4.69, 9.17) is 0 Å². The maximum Gasteiger partial charge on any atom is 0.404 e. The lowest BCUT2D eigenvalue weighted by atomic mass is 9.93. The Morgan fingerprint density at radius 1 is 0.871 bits per heavy atom. The number of benzene rings is 2. The molecule has 168 valence electrons. The van der Waals surface area contributed by atoms with Gasteiger partial charge in [0.25, 0.3) is 0 Å². The average Bonchev–Trinajstić information content (AvgIpc) is 2.67. The molecule has 0 aliphatic rings. The molecule has 0 heterocycles. The van der Waals surface area contributed by atoms with E-state index in [9.17, 15) is 19.8 Å². The van der Waals surface area contributed by atoms with Crippen LogP contribution < -0.4 is 16.0 Å². The molecule has 31 heavy (non-hydrogen) atoms. The molecule has 0 aromatic heterocycles. The minimum atomic E-state index is -1.20. The zero-order valence-electron chi connectivity index (χ0n) is 18.3. The number of carbonyl (C=O) groups excluding carboxylic acids is 1. The molecule has 0 unspecified atom stereocenters. The van der Waals surface area contributed by atoms with Crippen LogP contribution in [0.15, 0.2) is 60.7 Å². The molecule has 0 bridgehead atoms. The molecule has 0 saturated carbocycles. The minimum absolute atomic E-state index is 0.199. The van der Waals surface area contributed by atoms with Crippen LogP contribution in [0.3, 0.4) is 0 Å². The van der Waals surface area contributed by atoms with Crippen molar-refractivity contribution >= 4 is 12.1 Å². The van der Waals surface area contributed by atoms with Gasteiger partial charge >= 0.3 is 12.1 Å². The number of rotatable bonds is 9. The second-order valence-electron chi connectivity index (χ2n) is 8.78. The first-order chi connectivity index (χ1) is 14.6. The van der Waals surface area contributed by atoms with Crippen molar-refractivity contribution in [3.8, 4) is 0 Å². The Morgan fingerprint density at radius 3 is 1.87 bits per heavy atom. The van der Waals surface area contributed by atoms with E-state index in [0.717, 1.165) is 11.1 Å². The van der Waals surface area contributed by atoms with Crippen LogP contribution in [-0.4, -0.2) is 46.1 Å². The van der Waals surface area contributed by atoms with Crippen molar-refractivity contribution in [3.63, 3.8) is 0 Å². The molecule has 7 heteroatoms. The highest BCUT2D eigenvalue weighted by Crippen LogP contribution is 2.14. The van der Waals surface area contributed by atoms with Crippen molar-refractivity contribution < 1.29 is 19.8 Å². The van der Waals surface area contributed by atoms with E-state index in [1.54, 1.807) is 0 Å². The molecule has 2 aromatic carbocycles. The molecule has 2 aromatic rings. The average molecular weight is 428 g/mol. The van der Waals surface area contributed by atoms with E-state index in [1.807, 2.05) is 81.4 Å². The summed E-state index contributed by atoms with van der Waals surface area (Å²) in [5, 5.41) is 28.4. The summed E-state index contributed by atoms with van der Waals surface area (Å²) < 4.78 is 0. The minimum Gasteiger partial charge on any atom is -0.465 e. The van der Waals surface area contributed by atoms with E-state index in [1.165, 1.54) is 0 Å².